The van der Waals surface area contributed by atoms with Crippen LogP contribution in [0.4, 0.5) is 0 Å². The van der Waals surface area contributed by atoms with E-state index < -0.39 is 43.8 Å². The van der Waals surface area contributed by atoms with Crippen molar-refractivity contribution in [1.82, 2.24) is 0 Å². The van der Waals surface area contributed by atoms with Gasteiger partial charge in [-0.15, -0.1) is 0 Å². The van der Waals surface area contributed by atoms with E-state index in [9.17, 15) is 16.8 Å². The Bertz CT molecular complexity index is 685. The molecule has 0 bridgehead atoms. The van der Waals surface area contributed by atoms with Crippen LogP contribution in [0.25, 0.3) is 0 Å². The van der Waals surface area contributed by atoms with Gasteiger partial charge in [-0.3, -0.25) is 8.37 Å². The topological polar surface area (TPSA) is 105 Å². The second-order valence-electron chi connectivity index (χ2n) is 7.45. The maximum absolute atomic E-state index is 11.7. The van der Waals surface area contributed by atoms with E-state index in [-0.39, 0.29) is 6.42 Å². The lowest BCUT2D eigenvalue weighted by molar-refractivity contribution is -0.213. The molecule has 146 valence electrons. The van der Waals surface area contributed by atoms with Gasteiger partial charge in [0.25, 0.3) is 20.2 Å². The maximum Gasteiger partial charge on any atom is 0.265 e. The lowest BCUT2D eigenvalue weighted by atomic mass is 10.0. The summed E-state index contributed by atoms with van der Waals surface area (Å²) in [5.74, 6) is 0. The van der Waals surface area contributed by atoms with Crippen LogP contribution in [-0.2, 0) is 38.1 Å². The summed E-state index contributed by atoms with van der Waals surface area (Å²) in [6.07, 6.45) is 6.26. The lowest BCUT2D eigenvalue weighted by Crippen LogP contribution is -2.43. The van der Waals surface area contributed by atoms with Crippen molar-refractivity contribution in [2.75, 3.05) is 19.1 Å². The van der Waals surface area contributed by atoms with Crippen molar-refractivity contribution in [1.29, 1.82) is 0 Å². The third-order valence-corrected chi connectivity index (χ3v) is 6.09. The van der Waals surface area contributed by atoms with Crippen molar-refractivity contribution in [2.45, 2.75) is 75.0 Å². The molecule has 10 heteroatoms. The first kappa shape index (κ1) is 19.5. The third-order valence-electron chi connectivity index (χ3n) is 4.79. The first-order chi connectivity index (χ1) is 11.5. The van der Waals surface area contributed by atoms with Crippen LogP contribution in [0.2, 0.25) is 0 Å². The van der Waals surface area contributed by atoms with Gasteiger partial charge in [0.15, 0.2) is 6.29 Å². The molecule has 1 aliphatic heterocycles. The Morgan fingerprint density at radius 3 is 2.08 bits per heavy atom. The Balaban J connectivity index is 1.75. The monoisotopic (exact) mass is 398 g/mol. The highest BCUT2D eigenvalue weighted by molar-refractivity contribution is 7.86. The van der Waals surface area contributed by atoms with Gasteiger partial charge in [-0.25, -0.2) is 0 Å². The smallest absolute Gasteiger partial charge is 0.265 e. The molecule has 0 amide bonds. The Morgan fingerprint density at radius 2 is 1.64 bits per heavy atom. The van der Waals surface area contributed by atoms with Gasteiger partial charge in [0, 0.05) is 13.0 Å². The Labute approximate surface area is 149 Å². The summed E-state index contributed by atoms with van der Waals surface area (Å²) >= 11 is 0. The zero-order valence-electron chi connectivity index (χ0n) is 14.6. The minimum Gasteiger partial charge on any atom is -0.353 e. The van der Waals surface area contributed by atoms with Crippen molar-refractivity contribution >= 4 is 20.2 Å². The predicted molar refractivity (Wildman–Crippen MR) is 88.9 cm³/mol. The highest BCUT2D eigenvalue weighted by Crippen LogP contribution is 2.53. The molecule has 3 aliphatic rings. The van der Waals surface area contributed by atoms with Crippen LogP contribution in [0, 0.1) is 0 Å². The average molecular weight is 398 g/mol. The second kappa shape index (κ2) is 6.72. The molecule has 25 heavy (non-hydrogen) atoms. The van der Waals surface area contributed by atoms with Gasteiger partial charge in [-0.1, -0.05) is 0 Å². The molecule has 0 spiro atoms. The number of rotatable bonds is 9. The molecule has 2 saturated carbocycles. The van der Waals surface area contributed by atoms with E-state index in [1.165, 1.54) is 0 Å². The van der Waals surface area contributed by atoms with Gasteiger partial charge in [0.1, 0.15) is 5.60 Å². The fraction of sp³-hybridized carbons (Fsp3) is 1.00. The fourth-order valence-corrected chi connectivity index (χ4v) is 5.12. The zero-order valence-corrected chi connectivity index (χ0v) is 16.2. The van der Waals surface area contributed by atoms with E-state index in [0.29, 0.717) is 32.3 Å². The first-order valence-electron chi connectivity index (χ1n) is 8.59. The lowest BCUT2D eigenvalue weighted by Gasteiger charge is -2.34. The molecule has 1 heterocycles. The van der Waals surface area contributed by atoms with Crippen molar-refractivity contribution in [3.63, 3.8) is 0 Å². The van der Waals surface area contributed by atoms with E-state index in [0.717, 1.165) is 31.8 Å². The van der Waals surface area contributed by atoms with E-state index in [1.807, 2.05) is 0 Å². The predicted octanol–water partition coefficient (Wildman–Crippen LogP) is 1.31. The molecule has 0 aromatic rings. The molecule has 0 aromatic carbocycles. The summed E-state index contributed by atoms with van der Waals surface area (Å²) in [5, 5.41) is 0. The standard InChI is InChI=1S/C15H26O8S2/c1-24(16,17)22-14(6-7-14)11-12(21-13-5-3-4-10-20-13)15(8-9-15)23-25(2,18)19/h12-13H,3-11H2,1-2H3/t12-,13?/m0/s1. The molecule has 0 aromatic heterocycles. The van der Waals surface area contributed by atoms with Gasteiger partial charge in [-0.2, -0.15) is 16.8 Å². The van der Waals surface area contributed by atoms with Crippen LogP contribution >= 0.6 is 0 Å². The molecule has 0 N–H and O–H groups in total. The summed E-state index contributed by atoms with van der Waals surface area (Å²) < 4.78 is 68.7. The van der Waals surface area contributed by atoms with Crippen molar-refractivity contribution in [3.05, 3.63) is 0 Å². The minimum absolute atomic E-state index is 0.273. The van der Waals surface area contributed by atoms with Crippen LogP contribution in [0.1, 0.15) is 51.4 Å². The summed E-state index contributed by atoms with van der Waals surface area (Å²) in [6, 6.07) is 0. The summed E-state index contributed by atoms with van der Waals surface area (Å²) in [6.45, 7) is 0.600. The summed E-state index contributed by atoms with van der Waals surface area (Å²) in [5.41, 5.74) is -1.76. The van der Waals surface area contributed by atoms with Crippen molar-refractivity contribution in [2.24, 2.45) is 0 Å². The second-order valence-corrected chi connectivity index (χ2v) is 10.6. The Morgan fingerprint density at radius 1 is 1.00 bits per heavy atom. The molecule has 3 rings (SSSR count). The Kier molecular flexibility index (Phi) is 5.24. The van der Waals surface area contributed by atoms with Crippen LogP contribution in [0.5, 0.6) is 0 Å². The van der Waals surface area contributed by atoms with E-state index >= 15 is 0 Å². The molecule has 2 atom stereocenters. The van der Waals surface area contributed by atoms with Gasteiger partial charge in [0.05, 0.1) is 24.2 Å². The average Bonchev–Trinajstić information content (AvgIpc) is 3.36. The van der Waals surface area contributed by atoms with E-state index in [4.69, 9.17) is 17.8 Å². The third kappa shape index (κ3) is 5.61. The van der Waals surface area contributed by atoms with Crippen LogP contribution in [-0.4, -0.2) is 59.6 Å². The normalized spacial score (nSPS) is 29.1. The number of ether oxygens (including phenoxy) is 2. The molecule has 0 radical (unpaired) electrons. The van der Waals surface area contributed by atoms with Crippen LogP contribution in [0.15, 0.2) is 0 Å². The molecule has 1 unspecified atom stereocenters. The molecule has 2 aliphatic carbocycles. The highest BCUT2D eigenvalue weighted by atomic mass is 32.2. The summed E-state index contributed by atoms with van der Waals surface area (Å²) in [4.78, 5) is 0. The molecule has 3 fully saturated rings. The van der Waals surface area contributed by atoms with Gasteiger partial charge in [0.2, 0.25) is 0 Å². The minimum atomic E-state index is -3.66. The molecular weight excluding hydrogens is 372 g/mol. The largest absolute Gasteiger partial charge is 0.353 e. The van der Waals surface area contributed by atoms with E-state index in [2.05, 4.69) is 0 Å². The highest BCUT2D eigenvalue weighted by Gasteiger charge is 2.60. The number of hydrogen-bond acceptors (Lipinski definition) is 8. The Hall–Kier alpha value is -0.260. The fourth-order valence-electron chi connectivity index (χ4n) is 3.36. The van der Waals surface area contributed by atoms with Gasteiger partial charge < -0.3 is 9.47 Å². The van der Waals surface area contributed by atoms with Crippen molar-refractivity contribution in [3.8, 4) is 0 Å². The number of hydrogen-bond donors (Lipinski definition) is 0. The van der Waals surface area contributed by atoms with Gasteiger partial charge in [-0.05, 0) is 44.9 Å². The van der Waals surface area contributed by atoms with Gasteiger partial charge >= 0.3 is 0 Å². The van der Waals surface area contributed by atoms with Crippen molar-refractivity contribution < 1.29 is 34.7 Å². The molecule has 1 saturated heterocycles. The molecule has 8 nitrogen and oxygen atoms in total. The van der Waals surface area contributed by atoms with Crippen LogP contribution < -0.4 is 0 Å². The molecular formula is C15H26O8S2. The summed E-state index contributed by atoms with van der Waals surface area (Å²) in [7, 11) is -7.26. The quantitative estimate of drug-likeness (QED) is 0.535. The first-order valence-corrected chi connectivity index (χ1v) is 12.2. The van der Waals surface area contributed by atoms with E-state index in [1.54, 1.807) is 0 Å². The van der Waals surface area contributed by atoms with Crippen LogP contribution in [0.3, 0.4) is 0 Å². The SMILES string of the molecule is CS(=O)(=O)OC1(C[C@H](OC2CCCCO2)C2(OS(C)(=O)=O)CC2)CC1. The maximum atomic E-state index is 11.7. The zero-order chi connectivity index (χ0) is 18.3.